The maximum absolute atomic E-state index is 13.6. The minimum Gasteiger partial charge on any atom is -0.494 e. The predicted octanol–water partition coefficient (Wildman–Crippen LogP) is 5.27. The average Bonchev–Trinajstić information content (AvgIpc) is 3.58. The summed E-state index contributed by atoms with van der Waals surface area (Å²) in [7, 11) is 0. The Morgan fingerprint density at radius 1 is 1.00 bits per heavy atom. The summed E-state index contributed by atoms with van der Waals surface area (Å²) >= 11 is 0. The van der Waals surface area contributed by atoms with Crippen LogP contribution in [-0.2, 0) is 17.9 Å². The van der Waals surface area contributed by atoms with E-state index >= 15 is 0 Å². The molecule has 0 saturated heterocycles. The molecule has 4 rings (SSSR count). The molecular weight excluding hydrogens is 472 g/mol. The Morgan fingerprint density at radius 3 is 2.49 bits per heavy atom. The molecule has 0 fully saturated rings. The number of unbranched alkanes of at least 4 members (excludes halogenated alkanes) is 1. The number of amides is 2. The lowest BCUT2D eigenvalue weighted by molar-refractivity contribution is -0.133. The molecule has 0 saturated carbocycles. The van der Waals surface area contributed by atoms with Gasteiger partial charge < -0.3 is 28.4 Å². The lowest BCUT2D eigenvalue weighted by Gasteiger charge is -2.30. The van der Waals surface area contributed by atoms with Crippen molar-refractivity contribution in [1.29, 1.82) is 0 Å². The first-order valence-corrected chi connectivity index (χ1v) is 12.7. The Kier molecular flexibility index (Phi) is 8.72. The van der Waals surface area contributed by atoms with E-state index in [4.69, 9.17) is 18.6 Å². The molecule has 2 amide bonds. The molecular formula is C29H34N2O6. The fourth-order valence-corrected chi connectivity index (χ4v) is 4.01. The number of hydrogen-bond acceptors (Lipinski definition) is 6. The van der Waals surface area contributed by atoms with Crippen LogP contribution in [0.15, 0.2) is 65.3 Å². The molecule has 1 aliphatic heterocycles. The van der Waals surface area contributed by atoms with Crippen LogP contribution in [0.4, 0.5) is 0 Å². The van der Waals surface area contributed by atoms with E-state index < -0.39 is 0 Å². The Hall–Kier alpha value is -3.94. The van der Waals surface area contributed by atoms with E-state index in [1.165, 1.54) is 0 Å². The maximum atomic E-state index is 13.6. The van der Waals surface area contributed by atoms with Gasteiger partial charge in [-0.1, -0.05) is 19.4 Å². The third-order valence-electron chi connectivity index (χ3n) is 6.15. The van der Waals surface area contributed by atoms with Gasteiger partial charge in [0.1, 0.15) is 18.1 Å². The van der Waals surface area contributed by atoms with E-state index in [9.17, 15) is 9.59 Å². The molecule has 0 aliphatic carbocycles. The number of carbonyl (C=O) groups excluding carboxylic acids is 2. The van der Waals surface area contributed by atoms with Gasteiger partial charge in [0.15, 0.2) is 11.5 Å². The van der Waals surface area contributed by atoms with Crippen LogP contribution in [-0.4, -0.2) is 47.6 Å². The fraction of sp³-hybridized carbons (Fsp3) is 0.379. The molecule has 0 bridgehead atoms. The standard InChI is InChI=1S/C29H34N2O6/c1-4-5-14-34-24-11-9-23(10-12-24)29(33)31(21(2)3)19-28(32)30(18-25-7-6-15-35-25)17-22-8-13-26-27(16-22)37-20-36-26/h6-13,15-16,21H,4-5,14,17-20H2,1-3H3. The van der Waals surface area contributed by atoms with Gasteiger partial charge in [0, 0.05) is 18.2 Å². The predicted molar refractivity (Wildman–Crippen MR) is 139 cm³/mol. The number of carbonyl (C=O) groups is 2. The molecule has 1 aliphatic rings. The first kappa shape index (κ1) is 26.1. The molecule has 8 heteroatoms. The van der Waals surface area contributed by atoms with E-state index in [2.05, 4.69) is 6.92 Å². The van der Waals surface area contributed by atoms with Gasteiger partial charge in [-0.15, -0.1) is 0 Å². The minimum atomic E-state index is -0.204. The molecule has 3 aromatic rings. The summed E-state index contributed by atoms with van der Waals surface area (Å²) in [5.74, 6) is 2.34. The lowest BCUT2D eigenvalue weighted by Crippen LogP contribution is -2.45. The van der Waals surface area contributed by atoms with Crippen LogP contribution < -0.4 is 14.2 Å². The van der Waals surface area contributed by atoms with Crippen molar-refractivity contribution in [2.45, 2.75) is 52.7 Å². The molecule has 1 aromatic heterocycles. The largest absolute Gasteiger partial charge is 0.494 e. The van der Waals surface area contributed by atoms with Gasteiger partial charge in [0.05, 0.1) is 19.4 Å². The highest BCUT2D eigenvalue weighted by Crippen LogP contribution is 2.33. The zero-order valence-electron chi connectivity index (χ0n) is 21.6. The van der Waals surface area contributed by atoms with Crippen LogP contribution in [0.2, 0.25) is 0 Å². The first-order chi connectivity index (χ1) is 17.9. The molecule has 0 spiro atoms. The summed E-state index contributed by atoms with van der Waals surface area (Å²) in [4.78, 5) is 30.2. The van der Waals surface area contributed by atoms with Gasteiger partial charge in [0.2, 0.25) is 12.7 Å². The Bertz CT molecular complexity index is 1170. The van der Waals surface area contributed by atoms with Crippen LogP contribution in [0.25, 0.3) is 0 Å². The van der Waals surface area contributed by atoms with Crippen LogP contribution in [0.1, 0.15) is 55.3 Å². The van der Waals surface area contributed by atoms with Gasteiger partial charge in [0.25, 0.3) is 5.91 Å². The summed E-state index contributed by atoms with van der Waals surface area (Å²) in [5, 5.41) is 0. The van der Waals surface area contributed by atoms with E-state index in [0.29, 0.717) is 36.0 Å². The summed E-state index contributed by atoms with van der Waals surface area (Å²) in [6.07, 6.45) is 3.61. The number of fused-ring (bicyclic) bond motifs is 1. The van der Waals surface area contributed by atoms with E-state index in [-0.39, 0.29) is 37.7 Å². The maximum Gasteiger partial charge on any atom is 0.254 e. The molecule has 0 radical (unpaired) electrons. The SMILES string of the molecule is CCCCOc1ccc(C(=O)N(CC(=O)N(Cc2ccc3c(c2)OCO3)Cc2ccco2)C(C)C)cc1. The Morgan fingerprint density at radius 2 is 1.78 bits per heavy atom. The Balaban J connectivity index is 1.48. The van der Waals surface area contributed by atoms with Gasteiger partial charge in [-0.2, -0.15) is 0 Å². The second-order valence-corrected chi connectivity index (χ2v) is 9.27. The smallest absolute Gasteiger partial charge is 0.254 e. The monoisotopic (exact) mass is 506 g/mol. The van der Waals surface area contributed by atoms with Gasteiger partial charge in [-0.05, 0) is 74.4 Å². The van der Waals surface area contributed by atoms with Crippen LogP contribution >= 0.6 is 0 Å². The summed E-state index contributed by atoms with van der Waals surface area (Å²) in [6, 6.07) is 16.2. The molecule has 37 heavy (non-hydrogen) atoms. The van der Waals surface area contributed by atoms with Crippen molar-refractivity contribution in [3.05, 3.63) is 77.7 Å². The number of rotatable bonds is 12. The zero-order chi connectivity index (χ0) is 26.2. The number of nitrogens with zero attached hydrogens (tertiary/aromatic N) is 2. The van der Waals surface area contributed by atoms with E-state index in [1.54, 1.807) is 46.4 Å². The summed E-state index contributed by atoms with van der Waals surface area (Å²) in [5.41, 5.74) is 1.41. The molecule has 0 N–H and O–H groups in total. The van der Waals surface area contributed by atoms with Crippen molar-refractivity contribution < 1.29 is 28.2 Å². The topological polar surface area (TPSA) is 81.5 Å². The summed E-state index contributed by atoms with van der Waals surface area (Å²) < 4.78 is 22.1. The third-order valence-corrected chi connectivity index (χ3v) is 6.15. The zero-order valence-corrected chi connectivity index (χ0v) is 21.6. The normalized spacial score (nSPS) is 12.0. The molecule has 2 heterocycles. The number of benzene rings is 2. The number of ether oxygens (including phenoxy) is 3. The highest BCUT2D eigenvalue weighted by atomic mass is 16.7. The highest BCUT2D eigenvalue weighted by Gasteiger charge is 2.26. The van der Waals surface area contributed by atoms with Gasteiger partial charge >= 0.3 is 0 Å². The second kappa shape index (κ2) is 12.3. The minimum absolute atomic E-state index is 0.0590. The van der Waals surface area contributed by atoms with Gasteiger partial charge in [-0.3, -0.25) is 9.59 Å². The molecule has 0 unspecified atom stereocenters. The Labute approximate surface area is 217 Å². The summed E-state index contributed by atoms with van der Waals surface area (Å²) in [6.45, 7) is 7.30. The molecule has 8 nitrogen and oxygen atoms in total. The van der Waals surface area contributed by atoms with E-state index in [0.717, 1.165) is 24.2 Å². The first-order valence-electron chi connectivity index (χ1n) is 12.7. The molecule has 0 atom stereocenters. The molecule has 2 aromatic carbocycles. The number of hydrogen-bond donors (Lipinski definition) is 0. The quantitative estimate of drug-likeness (QED) is 0.312. The van der Waals surface area contributed by atoms with Crippen LogP contribution in [0.5, 0.6) is 17.2 Å². The highest BCUT2D eigenvalue weighted by molar-refractivity contribution is 5.96. The lowest BCUT2D eigenvalue weighted by atomic mass is 10.1. The van der Waals surface area contributed by atoms with Crippen LogP contribution in [0, 0.1) is 0 Å². The van der Waals surface area contributed by atoms with Crippen molar-refractivity contribution in [3.63, 3.8) is 0 Å². The average molecular weight is 507 g/mol. The molecule has 196 valence electrons. The van der Waals surface area contributed by atoms with Gasteiger partial charge in [-0.25, -0.2) is 0 Å². The van der Waals surface area contributed by atoms with Crippen molar-refractivity contribution in [2.24, 2.45) is 0 Å². The van der Waals surface area contributed by atoms with Crippen molar-refractivity contribution in [2.75, 3.05) is 19.9 Å². The van der Waals surface area contributed by atoms with Crippen LogP contribution in [0.3, 0.4) is 0 Å². The third kappa shape index (κ3) is 6.84. The van der Waals surface area contributed by atoms with Crippen molar-refractivity contribution >= 4 is 11.8 Å². The van der Waals surface area contributed by atoms with Crippen molar-refractivity contribution in [1.82, 2.24) is 9.80 Å². The second-order valence-electron chi connectivity index (χ2n) is 9.27. The fourth-order valence-electron chi connectivity index (χ4n) is 4.01. The van der Waals surface area contributed by atoms with E-state index in [1.807, 2.05) is 38.1 Å². The van der Waals surface area contributed by atoms with Crippen molar-refractivity contribution in [3.8, 4) is 17.2 Å². The number of furan rings is 1.